The molecule has 1 amide bonds. The van der Waals surface area contributed by atoms with Crippen LogP contribution in [0.25, 0.3) is 10.2 Å². The zero-order valence-electron chi connectivity index (χ0n) is 16.8. The molecule has 0 saturated carbocycles. The first-order chi connectivity index (χ1) is 14.4. The molecule has 1 aromatic heterocycles. The van der Waals surface area contributed by atoms with Crippen LogP contribution < -0.4 is 5.32 Å². The molecule has 30 heavy (non-hydrogen) atoms. The van der Waals surface area contributed by atoms with Gasteiger partial charge in [0, 0.05) is 23.5 Å². The second-order valence-electron chi connectivity index (χ2n) is 7.44. The number of rotatable bonds is 5. The molecule has 2 heterocycles. The van der Waals surface area contributed by atoms with E-state index >= 15 is 0 Å². The number of amides is 1. The van der Waals surface area contributed by atoms with Crippen molar-refractivity contribution in [2.24, 2.45) is 5.92 Å². The molecule has 9 heteroatoms. The van der Waals surface area contributed by atoms with Gasteiger partial charge < -0.3 is 0 Å². The third-order valence-corrected chi connectivity index (χ3v) is 8.73. The van der Waals surface area contributed by atoms with E-state index in [1.165, 1.54) is 23.5 Å². The van der Waals surface area contributed by atoms with Crippen LogP contribution in [0.4, 0.5) is 5.13 Å². The van der Waals surface area contributed by atoms with E-state index in [2.05, 4.69) is 23.3 Å². The number of hydrogen-bond donors (Lipinski definition) is 1. The summed E-state index contributed by atoms with van der Waals surface area (Å²) in [6, 6.07) is 12.1. The molecule has 3 aromatic rings. The quantitative estimate of drug-likeness (QED) is 0.558. The minimum atomic E-state index is -3.53. The summed E-state index contributed by atoms with van der Waals surface area (Å²) in [5.41, 5.74) is 1.23. The van der Waals surface area contributed by atoms with Crippen LogP contribution in [0.5, 0.6) is 0 Å². The molecule has 0 bridgehead atoms. The van der Waals surface area contributed by atoms with Crippen molar-refractivity contribution in [2.45, 2.75) is 29.6 Å². The lowest BCUT2D eigenvalue weighted by Crippen LogP contribution is -2.39. The minimum Gasteiger partial charge on any atom is -0.298 e. The first-order valence-electron chi connectivity index (χ1n) is 9.73. The molecule has 1 saturated heterocycles. The number of thioether (sulfide) groups is 1. The predicted molar refractivity (Wildman–Crippen MR) is 123 cm³/mol. The van der Waals surface area contributed by atoms with Gasteiger partial charge in [0.15, 0.2) is 5.13 Å². The number of nitrogens with one attached hydrogen (secondary N) is 1. The van der Waals surface area contributed by atoms with Crippen LogP contribution in [-0.4, -0.2) is 43.0 Å². The number of thiazole rings is 1. The zero-order chi connectivity index (χ0) is 21.3. The van der Waals surface area contributed by atoms with Crippen molar-refractivity contribution in [1.29, 1.82) is 0 Å². The van der Waals surface area contributed by atoms with E-state index in [4.69, 9.17) is 0 Å². The Labute approximate surface area is 184 Å². The number of hydrogen-bond acceptors (Lipinski definition) is 6. The van der Waals surface area contributed by atoms with Crippen molar-refractivity contribution in [3.05, 3.63) is 48.0 Å². The summed E-state index contributed by atoms with van der Waals surface area (Å²) in [5.74, 6) is 0.0501. The van der Waals surface area contributed by atoms with E-state index in [-0.39, 0.29) is 10.8 Å². The van der Waals surface area contributed by atoms with Crippen LogP contribution in [0.3, 0.4) is 0 Å². The normalized spacial score (nSPS) is 17.9. The first kappa shape index (κ1) is 21.3. The van der Waals surface area contributed by atoms with Gasteiger partial charge in [-0.05, 0) is 67.5 Å². The van der Waals surface area contributed by atoms with E-state index in [1.807, 2.05) is 18.4 Å². The number of aromatic nitrogens is 1. The largest absolute Gasteiger partial charge is 0.298 e. The number of benzene rings is 2. The van der Waals surface area contributed by atoms with Crippen LogP contribution in [0, 0.1) is 5.92 Å². The third kappa shape index (κ3) is 4.39. The molecule has 0 aliphatic carbocycles. The maximum Gasteiger partial charge on any atom is 0.257 e. The zero-order valence-corrected chi connectivity index (χ0v) is 19.2. The Hall–Kier alpha value is -1.94. The highest BCUT2D eigenvalue weighted by Crippen LogP contribution is 2.30. The lowest BCUT2D eigenvalue weighted by molar-refractivity contribution is 0.102. The number of sulfonamides is 1. The van der Waals surface area contributed by atoms with Crippen LogP contribution in [0.2, 0.25) is 0 Å². The minimum absolute atomic E-state index is 0.220. The average Bonchev–Trinajstić information content (AvgIpc) is 3.15. The number of nitrogens with zero attached hydrogens (tertiary/aromatic N) is 2. The highest BCUT2D eigenvalue weighted by Gasteiger charge is 2.28. The van der Waals surface area contributed by atoms with E-state index in [0.717, 1.165) is 28.0 Å². The van der Waals surface area contributed by atoms with Gasteiger partial charge in [0.2, 0.25) is 10.0 Å². The number of anilines is 1. The Balaban J connectivity index is 1.49. The summed E-state index contributed by atoms with van der Waals surface area (Å²) in [5, 5.41) is 3.33. The smallest absolute Gasteiger partial charge is 0.257 e. The summed E-state index contributed by atoms with van der Waals surface area (Å²) < 4.78 is 28.3. The van der Waals surface area contributed by atoms with Gasteiger partial charge in [-0.2, -0.15) is 4.31 Å². The maximum absolute atomic E-state index is 12.9. The van der Waals surface area contributed by atoms with Crippen LogP contribution in [0.15, 0.2) is 52.3 Å². The lowest BCUT2D eigenvalue weighted by Gasteiger charge is -2.30. The topological polar surface area (TPSA) is 79.4 Å². The van der Waals surface area contributed by atoms with Gasteiger partial charge in [-0.15, -0.1) is 11.8 Å². The van der Waals surface area contributed by atoms with Crippen LogP contribution >= 0.6 is 23.1 Å². The van der Waals surface area contributed by atoms with E-state index < -0.39 is 10.0 Å². The molecule has 1 fully saturated rings. The van der Waals surface area contributed by atoms with Crippen molar-refractivity contribution in [1.82, 2.24) is 9.29 Å². The summed E-state index contributed by atoms with van der Waals surface area (Å²) in [4.78, 5) is 18.4. The molecule has 0 radical (unpaired) electrons. The Morgan fingerprint density at radius 3 is 2.70 bits per heavy atom. The molecule has 1 unspecified atom stereocenters. The van der Waals surface area contributed by atoms with Crippen LogP contribution in [-0.2, 0) is 10.0 Å². The summed E-state index contributed by atoms with van der Waals surface area (Å²) in [7, 11) is -3.53. The summed E-state index contributed by atoms with van der Waals surface area (Å²) >= 11 is 3.07. The standard InChI is InChI=1S/C21H23N3O3S3/c1-14-4-3-11-24(13-14)30(26,27)17-8-5-15(6-9-17)20(25)23-21-22-18-10-7-16(28-2)12-19(18)29-21/h5-10,12,14H,3-4,11,13H2,1-2H3,(H,22,23,25). The molecular weight excluding hydrogens is 438 g/mol. The number of carbonyl (C=O) groups is 1. The first-order valence-corrected chi connectivity index (χ1v) is 13.2. The fourth-order valence-electron chi connectivity index (χ4n) is 3.55. The molecule has 4 rings (SSSR count). The molecule has 2 aromatic carbocycles. The second kappa shape index (κ2) is 8.66. The van der Waals surface area contributed by atoms with Gasteiger partial charge in [0.05, 0.1) is 15.1 Å². The van der Waals surface area contributed by atoms with Crippen molar-refractivity contribution < 1.29 is 13.2 Å². The summed E-state index contributed by atoms with van der Waals surface area (Å²) in [6.07, 6.45) is 3.94. The van der Waals surface area contributed by atoms with Crippen molar-refractivity contribution in [2.75, 3.05) is 24.7 Å². The van der Waals surface area contributed by atoms with Gasteiger partial charge in [0.1, 0.15) is 0 Å². The molecule has 1 aliphatic heterocycles. The molecular formula is C21H23N3O3S3. The third-order valence-electron chi connectivity index (χ3n) is 5.19. The predicted octanol–water partition coefficient (Wildman–Crippen LogP) is 4.69. The Kier molecular flexibility index (Phi) is 6.15. The van der Waals surface area contributed by atoms with Gasteiger partial charge in [-0.3, -0.25) is 10.1 Å². The maximum atomic E-state index is 12.9. The molecule has 1 atom stereocenters. The van der Waals surface area contributed by atoms with Gasteiger partial charge in [-0.25, -0.2) is 13.4 Å². The Morgan fingerprint density at radius 2 is 2.00 bits per heavy atom. The average molecular weight is 462 g/mol. The Morgan fingerprint density at radius 1 is 1.23 bits per heavy atom. The van der Waals surface area contributed by atoms with Gasteiger partial charge in [-0.1, -0.05) is 18.3 Å². The molecule has 1 aliphatic rings. The van der Waals surface area contributed by atoms with E-state index in [0.29, 0.717) is 29.7 Å². The molecule has 0 spiro atoms. The van der Waals surface area contributed by atoms with Gasteiger partial charge >= 0.3 is 0 Å². The van der Waals surface area contributed by atoms with Crippen molar-refractivity contribution in [3.8, 4) is 0 Å². The second-order valence-corrected chi connectivity index (χ2v) is 11.3. The highest BCUT2D eigenvalue weighted by molar-refractivity contribution is 7.98. The monoisotopic (exact) mass is 461 g/mol. The Bertz CT molecular complexity index is 1170. The number of piperidine rings is 1. The van der Waals surface area contributed by atoms with Crippen molar-refractivity contribution in [3.63, 3.8) is 0 Å². The van der Waals surface area contributed by atoms with E-state index in [1.54, 1.807) is 28.2 Å². The SMILES string of the molecule is CSc1ccc2nc(NC(=O)c3ccc(S(=O)(=O)N4CCCC(C)C4)cc3)sc2c1. The fraction of sp³-hybridized carbons (Fsp3) is 0.333. The molecule has 158 valence electrons. The fourth-order valence-corrected chi connectivity index (χ4v) is 6.56. The number of carbonyl (C=O) groups excluding carboxylic acids is 1. The van der Waals surface area contributed by atoms with Crippen molar-refractivity contribution >= 4 is 54.4 Å². The van der Waals surface area contributed by atoms with E-state index in [9.17, 15) is 13.2 Å². The number of fused-ring (bicyclic) bond motifs is 1. The van der Waals surface area contributed by atoms with Crippen LogP contribution in [0.1, 0.15) is 30.1 Å². The summed E-state index contributed by atoms with van der Waals surface area (Å²) in [6.45, 7) is 3.16. The lowest BCUT2D eigenvalue weighted by atomic mass is 10.0. The molecule has 6 nitrogen and oxygen atoms in total. The molecule has 1 N–H and O–H groups in total. The highest BCUT2D eigenvalue weighted by atomic mass is 32.2. The van der Waals surface area contributed by atoms with Gasteiger partial charge in [0.25, 0.3) is 5.91 Å².